The summed E-state index contributed by atoms with van der Waals surface area (Å²) in [6.07, 6.45) is 1.97. The van der Waals surface area contributed by atoms with E-state index in [-0.39, 0.29) is 30.6 Å². The highest BCUT2D eigenvalue weighted by atomic mass is 19.1. The Kier molecular flexibility index (Phi) is 5.38. The van der Waals surface area contributed by atoms with Crippen molar-refractivity contribution in [1.82, 2.24) is 5.32 Å². The van der Waals surface area contributed by atoms with Gasteiger partial charge in [0.25, 0.3) is 5.91 Å². The molecule has 1 amide bonds. The second-order valence-electron chi connectivity index (χ2n) is 6.48. The first-order valence-electron chi connectivity index (χ1n) is 9.07. The van der Waals surface area contributed by atoms with Gasteiger partial charge in [0, 0.05) is 17.9 Å². The average molecular weight is 385 g/mol. The zero-order valence-corrected chi connectivity index (χ0v) is 15.1. The van der Waals surface area contributed by atoms with E-state index < -0.39 is 0 Å². The van der Waals surface area contributed by atoms with E-state index in [0.717, 1.165) is 19.4 Å². The summed E-state index contributed by atoms with van der Waals surface area (Å²) in [7, 11) is 0. The third-order valence-corrected chi connectivity index (χ3v) is 4.45. The summed E-state index contributed by atoms with van der Waals surface area (Å²) in [6.45, 7) is 1.29. The van der Waals surface area contributed by atoms with Crippen LogP contribution in [0.5, 0.6) is 11.5 Å². The molecule has 0 bridgehead atoms. The Morgan fingerprint density at radius 3 is 2.75 bits per heavy atom. The van der Waals surface area contributed by atoms with Crippen molar-refractivity contribution in [3.05, 3.63) is 53.8 Å². The first kappa shape index (κ1) is 18.2. The summed E-state index contributed by atoms with van der Waals surface area (Å²) < 4.78 is 29.3. The molecule has 2 N–H and O–H groups in total. The lowest BCUT2D eigenvalue weighted by Gasteiger charge is -2.13. The highest BCUT2D eigenvalue weighted by molar-refractivity contribution is 6.10. The minimum Gasteiger partial charge on any atom is -0.454 e. The molecular weight excluding hydrogens is 365 g/mol. The number of carbonyl (C=O) groups excluding carboxylic acids is 1. The van der Waals surface area contributed by atoms with Gasteiger partial charge >= 0.3 is 0 Å². The van der Waals surface area contributed by atoms with Gasteiger partial charge in [-0.2, -0.15) is 0 Å². The number of aliphatic imine (C=N–C) groups is 1. The summed E-state index contributed by atoms with van der Waals surface area (Å²) in [5.41, 5.74) is 1.02. The van der Waals surface area contributed by atoms with Gasteiger partial charge in [0.1, 0.15) is 5.82 Å². The van der Waals surface area contributed by atoms with Gasteiger partial charge in [-0.3, -0.25) is 10.1 Å². The fourth-order valence-electron chi connectivity index (χ4n) is 2.98. The van der Waals surface area contributed by atoms with Crippen molar-refractivity contribution in [2.24, 2.45) is 4.99 Å². The quantitative estimate of drug-likeness (QED) is 0.625. The third-order valence-electron chi connectivity index (χ3n) is 4.45. The minimum atomic E-state index is -0.348. The monoisotopic (exact) mass is 385 g/mol. The molecule has 0 spiro atoms. The molecule has 4 rings (SSSR count). The van der Waals surface area contributed by atoms with Crippen molar-refractivity contribution >= 4 is 17.6 Å². The molecule has 0 radical (unpaired) electrons. The maximum atomic E-state index is 13.2. The molecule has 0 unspecified atom stereocenters. The molecule has 2 aliphatic rings. The van der Waals surface area contributed by atoms with Crippen molar-refractivity contribution in [2.75, 3.05) is 25.3 Å². The number of anilines is 1. The number of halogens is 1. The van der Waals surface area contributed by atoms with Crippen LogP contribution in [-0.2, 0) is 4.74 Å². The van der Waals surface area contributed by atoms with Gasteiger partial charge < -0.3 is 19.5 Å². The standard InChI is InChI=1S/C20H20FN3O4/c21-14-4-6-15(7-5-14)23-20(22-11-16-2-1-9-26-16)24-19(25)13-3-8-17-18(10-13)28-12-27-17/h3-8,10,16H,1-2,9,11-12H2,(H2,22,23,24,25)/t16-/m1/s1. The Morgan fingerprint density at radius 1 is 1.14 bits per heavy atom. The highest BCUT2D eigenvalue weighted by Crippen LogP contribution is 2.32. The number of hydrogen-bond acceptors (Lipinski definition) is 5. The van der Waals surface area contributed by atoms with E-state index in [4.69, 9.17) is 14.2 Å². The number of benzene rings is 2. The number of carbonyl (C=O) groups is 1. The van der Waals surface area contributed by atoms with Crippen LogP contribution in [0.3, 0.4) is 0 Å². The van der Waals surface area contributed by atoms with Gasteiger partial charge in [0.15, 0.2) is 11.5 Å². The molecule has 146 valence electrons. The predicted octanol–water partition coefficient (Wildman–Crippen LogP) is 2.93. The van der Waals surface area contributed by atoms with E-state index in [2.05, 4.69) is 15.6 Å². The van der Waals surface area contributed by atoms with Gasteiger partial charge in [-0.25, -0.2) is 9.38 Å². The van der Waals surface area contributed by atoms with Crippen LogP contribution in [0.15, 0.2) is 47.5 Å². The summed E-state index contributed by atoms with van der Waals surface area (Å²) in [4.78, 5) is 17.1. The van der Waals surface area contributed by atoms with Crippen LogP contribution in [0.1, 0.15) is 23.2 Å². The van der Waals surface area contributed by atoms with E-state index in [0.29, 0.717) is 29.3 Å². The van der Waals surface area contributed by atoms with Gasteiger partial charge in [-0.05, 0) is 55.3 Å². The first-order chi connectivity index (χ1) is 13.7. The molecule has 7 nitrogen and oxygen atoms in total. The number of amides is 1. The normalized spacial score (nSPS) is 18.2. The Hall–Kier alpha value is -3.13. The van der Waals surface area contributed by atoms with Crippen LogP contribution in [0.4, 0.5) is 10.1 Å². The van der Waals surface area contributed by atoms with E-state index in [9.17, 15) is 9.18 Å². The Balaban J connectivity index is 1.49. The van der Waals surface area contributed by atoms with Crippen LogP contribution in [-0.4, -0.2) is 37.9 Å². The molecule has 1 atom stereocenters. The molecule has 2 aliphatic heterocycles. The first-order valence-corrected chi connectivity index (χ1v) is 9.07. The second kappa shape index (κ2) is 8.26. The largest absolute Gasteiger partial charge is 0.454 e. The van der Waals surface area contributed by atoms with E-state index in [1.165, 1.54) is 12.1 Å². The van der Waals surface area contributed by atoms with Gasteiger partial charge in [-0.1, -0.05) is 0 Å². The van der Waals surface area contributed by atoms with Gasteiger partial charge in [0.05, 0.1) is 12.6 Å². The molecule has 2 aromatic carbocycles. The molecule has 1 fully saturated rings. The van der Waals surface area contributed by atoms with Crippen molar-refractivity contribution in [3.8, 4) is 11.5 Å². The highest BCUT2D eigenvalue weighted by Gasteiger charge is 2.18. The number of ether oxygens (including phenoxy) is 3. The second-order valence-corrected chi connectivity index (χ2v) is 6.48. The van der Waals surface area contributed by atoms with Crippen LogP contribution in [0, 0.1) is 5.82 Å². The summed E-state index contributed by atoms with van der Waals surface area (Å²) >= 11 is 0. The molecule has 2 heterocycles. The molecule has 8 heteroatoms. The molecule has 0 saturated carbocycles. The predicted molar refractivity (Wildman–Crippen MR) is 101 cm³/mol. The van der Waals surface area contributed by atoms with E-state index >= 15 is 0 Å². The average Bonchev–Trinajstić information content (AvgIpc) is 3.38. The molecule has 0 aliphatic carbocycles. The topological polar surface area (TPSA) is 81.2 Å². The van der Waals surface area contributed by atoms with Crippen molar-refractivity contribution in [2.45, 2.75) is 18.9 Å². The van der Waals surface area contributed by atoms with Crippen LogP contribution in [0.2, 0.25) is 0 Å². The number of rotatable bonds is 4. The zero-order valence-electron chi connectivity index (χ0n) is 15.1. The SMILES string of the molecule is O=C(NC(=NC[C@H]1CCCO1)Nc1ccc(F)cc1)c1ccc2c(c1)OCO2. The lowest BCUT2D eigenvalue weighted by Crippen LogP contribution is -2.36. The number of hydrogen-bond donors (Lipinski definition) is 2. The Bertz CT molecular complexity index is 880. The number of guanidine groups is 1. The zero-order chi connectivity index (χ0) is 19.3. The minimum absolute atomic E-state index is 0.0347. The number of fused-ring (bicyclic) bond motifs is 1. The van der Waals surface area contributed by atoms with Gasteiger partial charge in [-0.15, -0.1) is 0 Å². The van der Waals surface area contributed by atoms with Crippen LogP contribution >= 0.6 is 0 Å². The summed E-state index contributed by atoms with van der Waals surface area (Å²) in [6, 6.07) is 10.8. The Morgan fingerprint density at radius 2 is 1.96 bits per heavy atom. The lowest BCUT2D eigenvalue weighted by molar-refractivity contribution is 0.0975. The van der Waals surface area contributed by atoms with Crippen LogP contribution in [0.25, 0.3) is 0 Å². The lowest BCUT2D eigenvalue weighted by atomic mass is 10.2. The van der Waals surface area contributed by atoms with E-state index in [1.54, 1.807) is 30.3 Å². The molecule has 0 aromatic heterocycles. The molecule has 1 saturated heterocycles. The fraction of sp³-hybridized carbons (Fsp3) is 0.300. The smallest absolute Gasteiger partial charge is 0.258 e. The molecular formula is C20H20FN3O4. The maximum Gasteiger partial charge on any atom is 0.258 e. The van der Waals surface area contributed by atoms with Gasteiger partial charge in [0.2, 0.25) is 12.8 Å². The Labute approximate surface area is 161 Å². The fourth-order valence-corrected chi connectivity index (χ4v) is 2.98. The summed E-state index contributed by atoms with van der Waals surface area (Å²) in [5.74, 6) is 0.710. The van der Waals surface area contributed by atoms with Crippen LogP contribution < -0.4 is 20.1 Å². The maximum absolute atomic E-state index is 13.2. The summed E-state index contributed by atoms with van der Waals surface area (Å²) in [5, 5.41) is 5.79. The molecule has 2 aromatic rings. The molecule has 28 heavy (non-hydrogen) atoms. The number of nitrogens with zero attached hydrogens (tertiary/aromatic N) is 1. The van der Waals surface area contributed by atoms with Crippen molar-refractivity contribution in [1.29, 1.82) is 0 Å². The van der Waals surface area contributed by atoms with Crippen molar-refractivity contribution in [3.63, 3.8) is 0 Å². The number of nitrogens with one attached hydrogen (secondary N) is 2. The third kappa shape index (κ3) is 4.40. The van der Waals surface area contributed by atoms with E-state index in [1.807, 2.05) is 0 Å². The van der Waals surface area contributed by atoms with Crippen molar-refractivity contribution < 1.29 is 23.4 Å².